The molecule has 0 bridgehead atoms. The van der Waals surface area contributed by atoms with Gasteiger partial charge in [0.2, 0.25) is 0 Å². The lowest BCUT2D eigenvalue weighted by Crippen LogP contribution is -2.57. The highest BCUT2D eigenvalue weighted by atomic mass is 16.5. The summed E-state index contributed by atoms with van der Waals surface area (Å²) in [5.74, 6) is 3.05. The minimum absolute atomic E-state index is 0.00896. The van der Waals surface area contributed by atoms with E-state index in [1.54, 1.807) is 7.11 Å². The minimum Gasteiger partial charge on any atom is -0.497 e. The van der Waals surface area contributed by atoms with Gasteiger partial charge in [-0.2, -0.15) is 0 Å². The number of hydrogen-bond donors (Lipinski definition) is 1. The average molecular weight is 485 g/mol. The topological polar surface area (TPSA) is 66.4 Å². The van der Waals surface area contributed by atoms with Crippen molar-refractivity contribution < 1.29 is 14.3 Å². The van der Waals surface area contributed by atoms with Crippen LogP contribution in [0.5, 0.6) is 17.2 Å². The largest absolute Gasteiger partial charge is 0.497 e. The number of rotatable bonds is 3. The monoisotopic (exact) mass is 484 g/mol. The van der Waals surface area contributed by atoms with Crippen LogP contribution >= 0.6 is 0 Å². The first kappa shape index (κ1) is 23.7. The number of amidine groups is 1. The van der Waals surface area contributed by atoms with Crippen LogP contribution < -0.4 is 14.8 Å². The molecule has 0 spiro atoms. The third-order valence-corrected chi connectivity index (χ3v) is 6.70. The summed E-state index contributed by atoms with van der Waals surface area (Å²) < 4.78 is 11.8. The Balaban J connectivity index is 1.37. The molecule has 0 radical (unpaired) electrons. The van der Waals surface area contributed by atoms with E-state index in [1.165, 1.54) is 5.56 Å². The van der Waals surface area contributed by atoms with Crippen molar-refractivity contribution in [2.24, 2.45) is 4.99 Å². The lowest BCUT2D eigenvalue weighted by Gasteiger charge is -2.41. The van der Waals surface area contributed by atoms with Crippen LogP contribution in [0.25, 0.3) is 0 Å². The summed E-state index contributed by atoms with van der Waals surface area (Å²) >= 11 is 0. The number of nitrogens with zero attached hydrogens (tertiary/aromatic N) is 3. The van der Waals surface area contributed by atoms with E-state index in [0.29, 0.717) is 26.2 Å². The molecule has 36 heavy (non-hydrogen) atoms. The predicted molar refractivity (Wildman–Crippen MR) is 142 cm³/mol. The first-order valence-corrected chi connectivity index (χ1v) is 12.3. The van der Waals surface area contributed by atoms with Crippen molar-refractivity contribution in [3.05, 3.63) is 82.9 Å². The van der Waals surface area contributed by atoms with Crippen LogP contribution in [0.2, 0.25) is 0 Å². The van der Waals surface area contributed by atoms with Gasteiger partial charge in [0.15, 0.2) is 5.75 Å². The number of carbonyl (C=O) groups is 1. The van der Waals surface area contributed by atoms with E-state index in [9.17, 15) is 4.79 Å². The number of amides is 2. The molecule has 2 amide bonds. The zero-order chi connectivity index (χ0) is 25.2. The van der Waals surface area contributed by atoms with Gasteiger partial charge in [0.1, 0.15) is 23.0 Å². The third kappa shape index (κ3) is 4.87. The van der Waals surface area contributed by atoms with E-state index in [4.69, 9.17) is 14.5 Å². The Hall–Kier alpha value is -4.00. The van der Waals surface area contributed by atoms with Gasteiger partial charge in [-0.25, -0.2) is 9.79 Å². The van der Waals surface area contributed by atoms with Gasteiger partial charge in [-0.05, 0) is 62.2 Å². The molecule has 0 aromatic heterocycles. The second kappa shape index (κ2) is 9.93. The van der Waals surface area contributed by atoms with Crippen LogP contribution in [0.1, 0.15) is 29.2 Å². The average Bonchev–Trinajstić information content (AvgIpc) is 3.03. The van der Waals surface area contributed by atoms with E-state index in [0.717, 1.165) is 45.5 Å². The van der Waals surface area contributed by atoms with Gasteiger partial charge in [-0.1, -0.05) is 35.9 Å². The minimum atomic E-state index is -0.0438. The van der Waals surface area contributed by atoms with E-state index >= 15 is 0 Å². The molecule has 1 fully saturated rings. The molecule has 2 aliphatic heterocycles. The molecule has 2 aliphatic rings. The van der Waals surface area contributed by atoms with Crippen molar-refractivity contribution in [2.75, 3.05) is 26.7 Å². The molecule has 7 nitrogen and oxygen atoms in total. The SMILES string of the molecule is COc1ccc2c(c1)C(N1CCN(C(=O)NCc3cccc(C)c3)C(C)C1)=Nc1ccc(C)cc1O2. The Morgan fingerprint density at radius 1 is 1.06 bits per heavy atom. The zero-order valence-electron chi connectivity index (χ0n) is 21.2. The Morgan fingerprint density at radius 3 is 2.67 bits per heavy atom. The van der Waals surface area contributed by atoms with Crippen molar-refractivity contribution >= 4 is 17.6 Å². The fourth-order valence-corrected chi connectivity index (χ4v) is 4.78. The number of ether oxygens (including phenoxy) is 2. The standard InChI is InChI=1S/C29H32N4O3/c1-19-6-5-7-22(14-19)17-30-29(34)33-13-12-32(18-21(33)3)28-24-16-23(35-4)9-11-26(24)36-27-15-20(2)8-10-25(27)31-28/h5-11,14-16,21H,12-13,17-18H2,1-4H3,(H,30,34). The summed E-state index contributed by atoms with van der Waals surface area (Å²) in [6.45, 7) is 8.62. The summed E-state index contributed by atoms with van der Waals surface area (Å²) in [6, 6.07) is 20.0. The molecule has 0 aliphatic carbocycles. The number of aliphatic imine (C=N–C) groups is 1. The quantitative estimate of drug-likeness (QED) is 0.540. The molecule has 1 saturated heterocycles. The summed E-state index contributed by atoms with van der Waals surface area (Å²) in [5, 5.41) is 3.08. The smallest absolute Gasteiger partial charge is 0.318 e. The number of piperazine rings is 1. The van der Waals surface area contributed by atoms with E-state index in [1.807, 2.05) is 60.4 Å². The summed E-state index contributed by atoms with van der Waals surface area (Å²) in [7, 11) is 1.66. The van der Waals surface area contributed by atoms with Crippen molar-refractivity contribution in [1.82, 2.24) is 15.1 Å². The van der Waals surface area contributed by atoms with Crippen molar-refractivity contribution in [1.29, 1.82) is 0 Å². The van der Waals surface area contributed by atoms with Gasteiger partial charge in [-0.3, -0.25) is 0 Å². The molecular formula is C29H32N4O3. The Kier molecular flexibility index (Phi) is 6.55. The molecule has 1 atom stereocenters. The number of benzene rings is 3. The number of carbonyl (C=O) groups excluding carboxylic acids is 1. The molecule has 3 aromatic carbocycles. The van der Waals surface area contributed by atoms with E-state index < -0.39 is 0 Å². The number of aryl methyl sites for hydroxylation is 2. The summed E-state index contributed by atoms with van der Waals surface area (Å²) in [4.78, 5) is 22.2. The Bertz CT molecular complexity index is 1320. The van der Waals surface area contributed by atoms with E-state index in [2.05, 4.69) is 36.2 Å². The first-order valence-electron chi connectivity index (χ1n) is 12.3. The number of nitrogens with one attached hydrogen (secondary N) is 1. The maximum absolute atomic E-state index is 13.0. The number of fused-ring (bicyclic) bond motifs is 2. The number of methoxy groups -OCH3 is 1. The van der Waals surface area contributed by atoms with Crippen LogP contribution in [0, 0.1) is 13.8 Å². The van der Waals surface area contributed by atoms with Crippen LogP contribution in [-0.2, 0) is 6.54 Å². The Morgan fingerprint density at radius 2 is 1.89 bits per heavy atom. The molecule has 5 rings (SSSR count). The highest BCUT2D eigenvalue weighted by Crippen LogP contribution is 2.40. The highest BCUT2D eigenvalue weighted by Gasteiger charge is 2.31. The fourth-order valence-electron chi connectivity index (χ4n) is 4.78. The van der Waals surface area contributed by atoms with Crippen LogP contribution in [0.4, 0.5) is 10.5 Å². The lowest BCUT2D eigenvalue weighted by atomic mass is 10.1. The normalized spacial score (nSPS) is 16.8. The number of hydrogen-bond acceptors (Lipinski definition) is 5. The maximum atomic E-state index is 13.0. The highest BCUT2D eigenvalue weighted by molar-refractivity contribution is 6.04. The summed E-state index contributed by atoms with van der Waals surface area (Å²) in [6.07, 6.45) is 0. The van der Waals surface area contributed by atoms with Crippen molar-refractivity contribution in [2.45, 2.75) is 33.4 Å². The van der Waals surface area contributed by atoms with Gasteiger partial charge in [0.05, 0.1) is 12.7 Å². The molecule has 186 valence electrons. The van der Waals surface area contributed by atoms with Gasteiger partial charge in [0.25, 0.3) is 0 Å². The van der Waals surface area contributed by atoms with E-state index in [-0.39, 0.29) is 12.1 Å². The molecule has 7 heteroatoms. The number of urea groups is 1. The molecule has 2 heterocycles. The molecule has 1 unspecified atom stereocenters. The molecule has 1 N–H and O–H groups in total. The lowest BCUT2D eigenvalue weighted by molar-refractivity contribution is 0.134. The first-order chi connectivity index (χ1) is 17.4. The molecule has 3 aromatic rings. The third-order valence-electron chi connectivity index (χ3n) is 6.70. The molecular weight excluding hydrogens is 452 g/mol. The molecule has 0 saturated carbocycles. The van der Waals surface area contributed by atoms with Gasteiger partial charge >= 0.3 is 6.03 Å². The zero-order valence-corrected chi connectivity index (χ0v) is 21.2. The summed E-state index contributed by atoms with van der Waals surface area (Å²) in [5.41, 5.74) is 5.07. The van der Waals surface area contributed by atoms with Gasteiger partial charge in [0, 0.05) is 32.2 Å². The fraction of sp³-hybridized carbons (Fsp3) is 0.310. The van der Waals surface area contributed by atoms with Crippen molar-refractivity contribution in [3.63, 3.8) is 0 Å². The predicted octanol–water partition coefficient (Wildman–Crippen LogP) is 5.41. The van der Waals surface area contributed by atoms with Gasteiger partial charge < -0.3 is 24.6 Å². The van der Waals surface area contributed by atoms with Gasteiger partial charge in [-0.15, -0.1) is 0 Å². The second-order valence-electron chi connectivity index (χ2n) is 9.51. The van der Waals surface area contributed by atoms with Crippen molar-refractivity contribution in [3.8, 4) is 17.2 Å². The van der Waals surface area contributed by atoms with Crippen LogP contribution in [0.3, 0.4) is 0 Å². The van der Waals surface area contributed by atoms with Crippen LogP contribution in [-0.4, -0.2) is 54.5 Å². The maximum Gasteiger partial charge on any atom is 0.318 e. The van der Waals surface area contributed by atoms with Crippen LogP contribution in [0.15, 0.2) is 65.7 Å². The Labute approximate surface area is 212 Å². The second-order valence-corrected chi connectivity index (χ2v) is 9.51.